The van der Waals surface area contributed by atoms with Gasteiger partial charge in [0.05, 0.1) is 0 Å². The number of allylic oxidation sites excluding steroid dienone is 4. The number of hydrogen-bond acceptors (Lipinski definition) is 2. The minimum Gasteiger partial charge on any atom is -0.351 e. The summed E-state index contributed by atoms with van der Waals surface area (Å²) in [5.74, 6) is 0. The molecule has 0 aliphatic carbocycles. The summed E-state index contributed by atoms with van der Waals surface area (Å²) in [6, 6.07) is 13.2. The molecule has 102 valence electrons. The minimum absolute atomic E-state index is 1.06. The molecular formula is C19H15NS. The van der Waals surface area contributed by atoms with Gasteiger partial charge in [-0.3, -0.25) is 0 Å². The quantitative estimate of drug-likeness (QED) is 0.521. The van der Waals surface area contributed by atoms with E-state index in [1.54, 1.807) is 0 Å². The van der Waals surface area contributed by atoms with E-state index >= 15 is 0 Å². The maximum absolute atomic E-state index is 4.21. The Balaban J connectivity index is 2.10. The Hall–Kier alpha value is -2.32. The molecular weight excluding hydrogens is 274 g/mol. The molecule has 4 rings (SSSR count). The molecule has 1 aliphatic rings. The second-order valence-electron chi connectivity index (χ2n) is 5.30. The number of anilines is 1. The van der Waals surface area contributed by atoms with Gasteiger partial charge in [0.25, 0.3) is 0 Å². The van der Waals surface area contributed by atoms with Gasteiger partial charge >= 0.3 is 0 Å². The Labute approximate surface area is 128 Å². The zero-order valence-electron chi connectivity index (χ0n) is 11.8. The van der Waals surface area contributed by atoms with E-state index in [9.17, 15) is 0 Å². The van der Waals surface area contributed by atoms with Crippen molar-refractivity contribution in [1.29, 1.82) is 0 Å². The summed E-state index contributed by atoms with van der Waals surface area (Å²) >= 11 is 1.85. The van der Waals surface area contributed by atoms with Crippen LogP contribution in [-0.4, -0.2) is 7.05 Å². The van der Waals surface area contributed by atoms with Gasteiger partial charge in [-0.15, -0.1) is 11.3 Å². The smallest absolute Gasteiger partial charge is 0.0490 e. The van der Waals surface area contributed by atoms with Gasteiger partial charge in [0.1, 0.15) is 0 Å². The van der Waals surface area contributed by atoms with Gasteiger partial charge < -0.3 is 4.90 Å². The minimum atomic E-state index is 1.06. The normalized spacial score (nSPS) is 17.6. The molecule has 0 bridgehead atoms. The van der Waals surface area contributed by atoms with Crippen LogP contribution < -0.4 is 4.90 Å². The lowest BCUT2D eigenvalue weighted by Crippen LogP contribution is -2.10. The molecule has 0 unspecified atom stereocenters. The fraction of sp³-hybridized carbons (Fsp3) is 0.0526. The van der Waals surface area contributed by atoms with Gasteiger partial charge in [-0.2, -0.15) is 0 Å². The van der Waals surface area contributed by atoms with Crippen LogP contribution in [0.15, 0.2) is 67.4 Å². The first kappa shape index (κ1) is 12.4. The topological polar surface area (TPSA) is 3.24 Å². The van der Waals surface area contributed by atoms with Crippen LogP contribution in [0.2, 0.25) is 0 Å². The standard InChI is InChI=1S/C19H15NS/c1-13-7-5-6-10-20(2)17-11-16-14-8-3-4-9-18(14)21-19(16)12-15(13)17/h3-12H,1H2,2H3/b7-5-,10-6-. The summed E-state index contributed by atoms with van der Waals surface area (Å²) in [5, 5.41) is 2.66. The summed E-state index contributed by atoms with van der Waals surface area (Å²) in [5.41, 5.74) is 3.47. The maximum atomic E-state index is 4.21. The molecule has 3 aromatic rings. The van der Waals surface area contributed by atoms with Gasteiger partial charge in [-0.25, -0.2) is 0 Å². The van der Waals surface area contributed by atoms with E-state index < -0.39 is 0 Å². The number of thiophene rings is 1. The highest BCUT2D eigenvalue weighted by molar-refractivity contribution is 7.25. The number of hydrogen-bond donors (Lipinski definition) is 0. The van der Waals surface area contributed by atoms with Crippen LogP contribution in [0.1, 0.15) is 5.56 Å². The van der Waals surface area contributed by atoms with Gasteiger partial charge in [-0.1, -0.05) is 36.9 Å². The van der Waals surface area contributed by atoms with Crippen molar-refractivity contribution in [3.05, 3.63) is 73.0 Å². The van der Waals surface area contributed by atoms with Gasteiger partial charge in [0, 0.05) is 44.7 Å². The molecule has 1 aromatic heterocycles. The van der Waals surface area contributed by atoms with E-state index in [1.807, 2.05) is 23.5 Å². The van der Waals surface area contributed by atoms with E-state index in [4.69, 9.17) is 0 Å². The molecule has 2 aromatic carbocycles. The number of benzene rings is 2. The summed E-state index contributed by atoms with van der Waals surface area (Å²) in [6.45, 7) is 4.21. The Morgan fingerprint density at radius 1 is 1.00 bits per heavy atom. The molecule has 0 fully saturated rings. The third kappa shape index (κ3) is 1.91. The van der Waals surface area contributed by atoms with E-state index in [1.165, 1.54) is 31.4 Å². The Morgan fingerprint density at radius 2 is 1.86 bits per heavy atom. The van der Waals surface area contributed by atoms with Crippen LogP contribution in [-0.2, 0) is 0 Å². The van der Waals surface area contributed by atoms with Crippen molar-refractivity contribution in [2.45, 2.75) is 0 Å². The van der Waals surface area contributed by atoms with E-state index in [0.29, 0.717) is 0 Å². The van der Waals surface area contributed by atoms with E-state index in [0.717, 1.165) is 5.57 Å². The van der Waals surface area contributed by atoms with Crippen molar-refractivity contribution < 1.29 is 0 Å². The number of fused-ring (bicyclic) bond motifs is 4. The second-order valence-corrected chi connectivity index (χ2v) is 6.38. The first-order valence-electron chi connectivity index (χ1n) is 6.96. The zero-order chi connectivity index (χ0) is 14.4. The van der Waals surface area contributed by atoms with Gasteiger partial charge in [0.2, 0.25) is 0 Å². The monoisotopic (exact) mass is 289 g/mol. The lowest BCUT2D eigenvalue weighted by molar-refractivity contribution is 1.20. The van der Waals surface area contributed by atoms with E-state index in [2.05, 4.69) is 67.2 Å². The third-order valence-electron chi connectivity index (χ3n) is 3.94. The van der Waals surface area contributed by atoms with Gasteiger partial charge in [-0.05, 0) is 29.8 Å². The maximum Gasteiger partial charge on any atom is 0.0490 e. The highest BCUT2D eigenvalue weighted by Crippen LogP contribution is 2.40. The molecule has 21 heavy (non-hydrogen) atoms. The van der Waals surface area contributed by atoms with Crippen LogP contribution >= 0.6 is 11.3 Å². The summed E-state index contributed by atoms with van der Waals surface area (Å²) in [4.78, 5) is 2.16. The predicted octanol–water partition coefficient (Wildman–Crippen LogP) is 5.59. The highest BCUT2D eigenvalue weighted by Gasteiger charge is 2.13. The summed E-state index contributed by atoms with van der Waals surface area (Å²) in [6.07, 6.45) is 8.24. The molecule has 2 heteroatoms. The Morgan fingerprint density at radius 3 is 2.76 bits per heavy atom. The largest absolute Gasteiger partial charge is 0.351 e. The van der Waals surface area contributed by atoms with Crippen molar-refractivity contribution in [3.8, 4) is 0 Å². The van der Waals surface area contributed by atoms with Crippen LogP contribution in [0.4, 0.5) is 5.69 Å². The average molecular weight is 289 g/mol. The predicted molar refractivity (Wildman–Crippen MR) is 95.0 cm³/mol. The first-order valence-corrected chi connectivity index (χ1v) is 7.78. The molecule has 0 radical (unpaired) electrons. The van der Waals surface area contributed by atoms with Gasteiger partial charge in [0.15, 0.2) is 0 Å². The van der Waals surface area contributed by atoms with Crippen molar-refractivity contribution >= 4 is 42.8 Å². The molecule has 1 nitrogen and oxygen atoms in total. The molecule has 0 saturated carbocycles. The van der Waals surface area contributed by atoms with Crippen molar-refractivity contribution in [3.63, 3.8) is 0 Å². The van der Waals surface area contributed by atoms with Crippen LogP contribution in [0.25, 0.3) is 25.7 Å². The Kier molecular flexibility index (Phi) is 2.72. The average Bonchev–Trinajstić information content (AvgIpc) is 2.86. The molecule has 0 spiro atoms. The fourth-order valence-electron chi connectivity index (χ4n) is 2.83. The number of nitrogens with zero attached hydrogens (tertiary/aromatic N) is 1. The number of rotatable bonds is 0. The Bertz CT molecular complexity index is 927. The molecule has 0 atom stereocenters. The summed E-state index contributed by atoms with van der Waals surface area (Å²) < 4.78 is 2.66. The second kappa shape index (κ2) is 4.61. The fourth-order valence-corrected chi connectivity index (χ4v) is 3.96. The third-order valence-corrected chi connectivity index (χ3v) is 5.07. The van der Waals surface area contributed by atoms with Crippen LogP contribution in [0.5, 0.6) is 0 Å². The van der Waals surface area contributed by atoms with E-state index in [-0.39, 0.29) is 0 Å². The lowest BCUT2D eigenvalue weighted by atomic mass is 10.0. The summed E-state index contributed by atoms with van der Waals surface area (Å²) in [7, 11) is 2.09. The van der Waals surface area contributed by atoms with Crippen LogP contribution in [0, 0.1) is 0 Å². The molecule has 1 aliphatic heterocycles. The lowest BCUT2D eigenvalue weighted by Gasteiger charge is -2.20. The van der Waals surface area contributed by atoms with Crippen LogP contribution in [0.3, 0.4) is 0 Å². The van der Waals surface area contributed by atoms with Crippen molar-refractivity contribution in [1.82, 2.24) is 0 Å². The molecule has 0 amide bonds. The molecule has 2 heterocycles. The van der Waals surface area contributed by atoms with Crippen molar-refractivity contribution in [2.75, 3.05) is 11.9 Å². The molecule has 0 N–H and O–H groups in total. The van der Waals surface area contributed by atoms with Crippen molar-refractivity contribution in [2.24, 2.45) is 0 Å². The zero-order valence-corrected chi connectivity index (χ0v) is 12.7. The first-order chi connectivity index (χ1) is 10.2. The highest BCUT2D eigenvalue weighted by atomic mass is 32.1. The SMILES string of the molecule is C=C1/C=C\C=C/N(C)c2cc3c(cc21)sc1ccccc13. The molecule has 0 saturated heterocycles.